The molecule has 0 amide bonds. The van der Waals surface area contributed by atoms with Crippen molar-refractivity contribution < 1.29 is 23.9 Å². The topological polar surface area (TPSA) is 77.5 Å². The Bertz CT molecular complexity index is 552. The summed E-state index contributed by atoms with van der Waals surface area (Å²) in [4.78, 5) is 46.5. The van der Waals surface area contributed by atoms with Crippen LogP contribution in [-0.2, 0) is 23.9 Å². The molecular formula is C14H14O5. The van der Waals surface area contributed by atoms with Crippen LogP contribution in [0.4, 0.5) is 0 Å². The van der Waals surface area contributed by atoms with Gasteiger partial charge in [0.1, 0.15) is 0 Å². The van der Waals surface area contributed by atoms with E-state index in [2.05, 4.69) is 0 Å². The smallest absolute Gasteiger partial charge is 0.303 e. The number of Topliss-reactive ketones (excluding diaryl/α,β-unsaturated/α-hetero) is 1. The van der Waals surface area contributed by atoms with Crippen LogP contribution >= 0.6 is 0 Å². The van der Waals surface area contributed by atoms with Crippen LogP contribution in [0.25, 0.3) is 0 Å². The van der Waals surface area contributed by atoms with Crippen molar-refractivity contribution in [1.82, 2.24) is 0 Å². The first-order valence-electron chi connectivity index (χ1n) is 6.05. The summed E-state index contributed by atoms with van der Waals surface area (Å²) < 4.78 is 5.16. The summed E-state index contributed by atoms with van der Waals surface area (Å²) in [6, 6.07) is 0. The van der Waals surface area contributed by atoms with Crippen LogP contribution in [-0.4, -0.2) is 28.9 Å². The predicted octanol–water partition coefficient (Wildman–Crippen LogP) is 1.07. The molecule has 0 aromatic carbocycles. The summed E-state index contributed by atoms with van der Waals surface area (Å²) in [6.45, 7) is 2.56. The standard InChI is InChI=1S/C14H14O5/c1-8(15)14(19-9(2)16)6-5-10-11(7-14)13(18)4-3-12(10)17/h3-4H,5-7H2,1-2H3. The SMILES string of the molecule is CC(=O)OC1(C(C)=O)CCC2=C(C1)C(=O)C=CC2=O. The third-order valence-electron chi connectivity index (χ3n) is 3.57. The van der Waals surface area contributed by atoms with Crippen LogP contribution < -0.4 is 0 Å². The predicted molar refractivity (Wildman–Crippen MR) is 65.2 cm³/mol. The number of rotatable bonds is 2. The highest BCUT2D eigenvalue weighted by Gasteiger charge is 2.45. The normalized spacial score (nSPS) is 26.2. The molecule has 0 radical (unpaired) electrons. The molecule has 0 spiro atoms. The number of carbonyl (C=O) groups excluding carboxylic acids is 4. The second kappa shape index (κ2) is 4.57. The summed E-state index contributed by atoms with van der Waals surface area (Å²) in [5.41, 5.74) is -0.557. The second-order valence-corrected chi connectivity index (χ2v) is 4.84. The van der Waals surface area contributed by atoms with E-state index in [1.54, 1.807) is 0 Å². The summed E-state index contributed by atoms with van der Waals surface area (Å²) in [6.07, 6.45) is 2.95. The zero-order chi connectivity index (χ0) is 14.2. The van der Waals surface area contributed by atoms with E-state index in [0.717, 1.165) is 0 Å². The molecule has 0 bridgehead atoms. The van der Waals surface area contributed by atoms with Gasteiger partial charge in [-0.2, -0.15) is 0 Å². The Kier molecular flexibility index (Phi) is 3.22. The van der Waals surface area contributed by atoms with Gasteiger partial charge < -0.3 is 4.74 Å². The van der Waals surface area contributed by atoms with Gasteiger partial charge in [0.05, 0.1) is 0 Å². The molecule has 0 fully saturated rings. The third kappa shape index (κ3) is 2.28. The Morgan fingerprint density at radius 2 is 1.68 bits per heavy atom. The molecule has 2 aliphatic carbocycles. The Morgan fingerprint density at radius 3 is 2.21 bits per heavy atom. The van der Waals surface area contributed by atoms with Gasteiger partial charge in [-0.3, -0.25) is 19.2 Å². The van der Waals surface area contributed by atoms with E-state index >= 15 is 0 Å². The lowest BCUT2D eigenvalue weighted by molar-refractivity contribution is -0.166. The minimum atomic E-state index is -1.30. The van der Waals surface area contributed by atoms with E-state index in [0.29, 0.717) is 11.1 Å². The summed E-state index contributed by atoms with van der Waals surface area (Å²) >= 11 is 0. The molecule has 5 nitrogen and oxygen atoms in total. The van der Waals surface area contributed by atoms with Crippen molar-refractivity contribution >= 4 is 23.3 Å². The van der Waals surface area contributed by atoms with Crippen molar-refractivity contribution in [3.8, 4) is 0 Å². The number of hydrogen-bond acceptors (Lipinski definition) is 5. The average Bonchev–Trinajstić information content (AvgIpc) is 2.33. The molecule has 5 heteroatoms. The fraction of sp³-hybridized carbons (Fsp3) is 0.429. The Hall–Kier alpha value is -2.04. The van der Waals surface area contributed by atoms with E-state index in [4.69, 9.17) is 4.74 Å². The van der Waals surface area contributed by atoms with Crippen LogP contribution in [0, 0.1) is 0 Å². The van der Waals surface area contributed by atoms with E-state index in [1.165, 1.54) is 26.0 Å². The number of ether oxygens (including phenoxy) is 1. The van der Waals surface area contributed by atoms with Gasteiger partial charge in [-0.25, -0.2) is 0 Å². The molecule has 0 aromatic heterocycles. The first kappa shape index (κ1) is 13.4. The third-order valence-corrected chi connectivity index (χ3v) is 3.57. The molecule has 2 aliphatic rings. The average molecular weight is 262 g/mol. The van der Waals surface area contributed by atoms with E-state index in [1.807, 2.05) is 0 Å². The highest BCUT2D eigenvalue weighted by molar-refractivity contribution is 6.20. The highest BCUT2D eigenvalue weighted by Crippen LogP contribution is 2.38. The summed E-state index contributed by atoms with van der Waals surface area (Å²) in [5.74, 6) is -1.35. The zero-order valence-electron chi connectivity index (χ0n) is 10.8. The first-order chi connectivity index (χ1) is 8.85. The lowest BCUT2D eigenvalue weighted by Gasteiger charge is -2.36. The van der Waals surface area contributed by atoms with Crippen LogP contribution in [0.3, 0.4) is 0 Å². The zero-order valence-corrected chi connectivity index (χ0v) is 10.8. The van der Waals surface area contributed by atoms with Gasteiger partial charge in [0.2, 0.25) is 0 Å². The van der Waals surface area contributed by atoms with Gasteiger partial charge in [-0.1, -0.05) is 0 Å². The number of esters is 1. The van der Waals surface area contributed by atoms with E-state index in [-0.39, 0.29) is 36.6 Å². The van der Waals surface area contributed by atoms with E-state index in [9.17, 15) is 19.2 Å². The first-order valence-corrected chi connectivity index (χ1v) is 6.05. The van der Waals surface area contributed by atoms with Crippen molar-refractivity contribution in [2.75, 3.05) is 0 Å². The number of hydrogen-bond donors (Lipinski definition) is 0. The van der Waals surface area contributed by atoms with Crippen LogP contribution in [0.2, 0.25) is 0 Å². The maximum Gasteiger partial charge on any atom is 0.303 e. The summed E-state index contributed by atoms with van der Waals surface area (Å²) in [7, 11) is 0. The molecule has 2 rings (SSSR count). The van der Waals surface area contributed by atoms with Gasteiger partial charge in [0.25, 0.3) is 0 Å². The van der Waals surface area contributed by atoms with Gasteiger partial charge >= 0.3 is 5.97 Å². The fourth-order valence-electron chi connectivity index (χ4n) is 2.55. The minimum absolute atomic E-state index is 0.00778. The molecule has 100 valence electrons. The largest absolute Gasteiger partial charge is 0.451 e. The molecule has 0 saturated heterocycles. The molecule has 0 heterocycles. The highest BCUT2D eigenvalue weighted by atomic mass is 16.6. The molecule has 1 unspecified atom stereocenters. The number of carbonyl (C=O) groups is 4. The van der Waals surface area contributed by atoms with Gasteiger partial charge in [-0.15, -0.1) is 0 Å². The van der Waals surface area contributed by atoms with Crippen LogP contribution in [0.15, 0.2) is 23.3 Å². The van der Waals surface area contributed by atoms with Gasteiger partial charge in [0, 0.05) is 24.5 Å². The molecular weight excluding hydrogens is 248 g/mol. The number of allylic oxidation sites excluding steroid dienone is 3. The fourth-order valence-corrected chi connectivity index (χ4v) is 2.55. The summed E-state index contributed by atoms with van der Waals surface area (Å²) in [5, 5.41) is 0. The molecule has 1 atom stereocenters. The van der Waals surface area contributed by atoms with Crippen molar-refractivity contribution in [3.05, 3.63) is 23.3 Å². The molecule has 0 aliphatic heterocycles. The monoisotopic (exact) mass is 262 g/mol. The van der Waals surface area contributed by atoms with Crippen LogP contribution in [0.1, 0.15) is 33.1 Å². The minimum Gasteiger partial charge on any atom is -0.451 e. The van der Waals surface area contributed by atoms with Crippen molar-refractivity contribution in [3.63, 3.8) is 0 Å². The Morgan fingerprint density at radius 1 is 1.11 bits per heavy atom. The van der Waals surface area contributed by atoms with Crippen LogP contribution in [0.5, 0.6) is 0 Å². The Balaban J connectivity index is 2.40. The van der Waals surface area contributed by atoms with Gasteiger partial charge in [-0.05, 0) is 31.9 Å². The molecule has 0 saturated carbocycles. The number of ketones is 3. The maximum atomic E-state index is 11.8. The van der Waals surface area contributed by atoms with Crippen molar-refractivity contribution in [1.29, 1.82) is 0 Å². The van der Waals surface area contributed by atoms with Crippen molar-refractivity contribution in [2.24, 2.45) is 0 Å². The molecule has 0 aromatic rings. The van der Waals surface area contributed by atoms with Gasteiger partial charge in [0.15, 0.2) is 23.0 Å². The molecule has 19 heavy (non-hydrogen) atoms. The maximum absolute atomic E-state index is 11.8. The molecule has 0 N–H and O–H groups in total. The lowest BCUT2D eigenvalue weighted by atomic mass is 9.74. The van der Waals surface area contributed by atoms with Crippen molar-refractivity contribution in [2.45, 2.75) is 38.7 Å². The lowest BCUT2D eigenvalue weighted by Crippen LogP contribution is -2.45. The Labute approximate surface area is 110 Å². The quantitative estimate of drug-likeness (QED) is 0.549. The second-order valence-electron chi connectivity index (χ2n) is 4.84. The van der Waals surface area contributed by atoms with E-state index < -0.39 is 11.6 Å².